The molecular weight excluding hydrogens is 528 g/mol. The van der Waals surface area contributed by atoms with Crippen molar-refractivity contribution in [3.05, 3.63) is 97.1 Å². The van der Waals surface area contributed by atoms with Crippen molar-refractivity contribution in [3.63, 3.8) is 0 Å². The second-order valence-electron chi connectivity index (χ2n) is 9.53. The summed E-state index contributed by atoms with van der Waals surface area (Å²) in [7, 11) is 6.62. The van der Waals surface area contributed by atoms with Gasteiger partial charge < -0.3 is 28.9 Å². The highest BCUT2D eigenvalue weighted by molar-refractivity contribution is 5.84. The van der Waals surface area contributed by atoms with Gasteiger partial charge in [0, 0.05) is 22.3 Å². The first-order valence-corrected chi connectivity index (χ1v) is 13.4. The van der Waals surface area contributed by atoms with Crippen LogP contribution < -0.4 is 18.9 Å². The lowest BCUT2D eigenvalue weighted by Gasteiger charge is -2.06. The molecule has 210 valence electrons. The van der Waals surface area contributed by atoms with E-state index in [-0.39, 0.29) is 0 Å². The molecule has 0 bridgehead atoms. The van der Waals surface area contributed by atoms with Crippen molar-refractivity contribution in [1.82, 2.24) is 19.9 Å². The highest BCUT2D eigenvalue weighted by atomic mass is 16.5. The number of benzene rings is 4. The molecule has 0 saturated heterocycles. The summed E-state index contributed by atoms with van der Waals surface area (Å²) in [6.45, 7) is 0. The summed E-state index contributed by atoms with van der Waals surface area (Å²) in [6, 6.07) is 31.5. The number of hydrogen-bond acceptors (Lipinski definition) is 6. The summed E-state index contributed by atoms with van der Waals surface area (Å²) >= 11 is 0. The quantitative estimate of drug-likeness (QED) is 0.191. The number of imidazole rings is 2. The van der Waals surface area contributed by atoms with E-state index in [1.165, 1.54) is 0 Å². The van der Waals surface area contributed by atoms with Crippen molar-refractivity contribution >= 4 is 0 Å². The molecular formula is C34H30N4O4. The third-order valence-corrected chi connectivity index (χ3v) is 7.12. The minimum absolute atomic E-state index is 0.612. The molecule has 2 N–H and O–H groups in total. The van der Waals surface area contributed by atoms with Gasteiger partial charge >= 0.3 is 0 Å². The highest BCUT2D eigenvalue weighted by Gasteiger charge is 2.21. The van der Waals surface area contributed by atoms with Crippen molar-refractivity contribution < 1.29 is 18.9 Å². The first-order valence-electron chi connectivity index (χ1n) is 13.4. The van der Waals surface area contributed by atoms with Gasteiger partial charge in [0.2, 0.25) is 0 Å². The van der Waals surface area contributed by atoms with Gasteiger partial charge in [-0.3, -0.25) is 0 Å². The SMILES string of the molecule is COc1ccc(-c2nc(-c3nc(-c4ccc(OC)cc4)c(-c4ccc(OC)cc4)[nH]3)[nH]c2-c2ccc(OC)cc2)cc1. The van der Waals surface area contributed by atoms with E-state index in [9.17, 15) is 0 Å². The molecule has 0 aliphatic heterocycles. The predicted molar refractivity (Wildman–Crippen MR) is 164 cm³/mol. The Morgan fingerprint density at radius 2 is 0.643 bits per heavy atom. The van der Waals surface area contributed by atoms with E-state index in [0.717, 1.165) is 68.0 Å². The average Bonchev–Trinajstić information content (AvgIpc) is 3.71. The van der Waals surface area contributed by atoms with Crippen LogP contribution >= 0.6 is 0 Å². The Labute approximate surface area is 243 Å². The molecule has 0 aliphatic carbocycles. The number of hydrogen-bond donors (Lipinski definition) is 2. The van der Waals surface area contributed by atoms with Crippen LogP contribution in [0.4, 0.5) is 0 Å². The number of aromatic amines is 2. The lowest BCUT2D eigenvalue weighted by molar-refractivity contribution is 0.414. The Morgan fingerprint density at radius 3 is 0.905 bits per heavy atom. The molecule has 2 aromatic heterocycles. The van der Waals surface area contributed by atoms with E-state index in [1.807, 2.05) is 97.1 Å². The lowest BCUT2D eigenvalue weighted by atomic mass is 10.0. The van der Waals surface area contributed by atoms with Crippen LogP contribution in [0.5, 0.6) is 23.0 Å². The van der Waals surface area contributed by atoms with E-state index < -0.39 is 0 Å². The van der Waals surface area contributed by atoms with Crippen LogP contribution in [0.3, 0.4) is 0 Å². The molecule has 6 rings (SSSR count). The van der Waals surface area contributed by atoms with Gasteiger partial charge in [-0.15, -0.1) is 0 Å². The van der Waals surface area contributed by atoms with E-state index in [1.54, 1.807) is 28.4 Å². The van der Waals surface area contributed by atoms with Crippen molar-refractivity contribution in [1.29, 1.82) is 0 Å². The molecule has 0 aliphatic rings. The van der Waals surface area contributed by atoms with Gasteiger partial charge in [0.25, 0.3) is 0 Å². The molecule has 8 heteroatoms. The van der Waals surface area contributed by atoms with E-state index >= 15 is 0 Å². The third kappa shape index (κ3) is 5.17. The minimum atomic E-state index is 0.612. The van der Waals surface area contributed by atoms with Crippen LogP contribution in [0.15, 0.2) is 97.1 Å². The maximum absolute atomic E-state index is 5.38. The summed E-state index contributed by atoms with van der Waals surface area (Å²) in [4.78, 5) is 17.2. The summed E-state index contributed by atoms with van der Waals surface area (Å²) in [5, 5.41) is 0. The van der Waals surface area contributed by atoms with Gasteiger partial charge in [-0.05, 0) is 97.1 Å². The Bertz CT molecular complexity index is 1520. The smallest absolute Gasteiger partial charge is 0.174 e. The van der Waals surface area contributed by atoms with Gasteiger partial charge in [0.05, 0.1) is 51.2 Å². The van der Waals surface area contributed by atoms with Crippen LogP contribution in [0, 0.1) is 0 Å². The molecule has 0 saturated carbocycles. The normalized spacial score (nSPS) is 10.9. The Balaban J connectivity index is 1.50. The maximum atomic E-state index is 5.38. The summed E-state index contributed by atoms with van der Waals surface area (Å²) in [5.41, 5.74) is 7.16. The van der Waals surface area contributed by atoms with Crippen LogP contribution in [-0.2, 0) is 0 Å². The number of nitrogens with zero attached hydrogens (tertiary/aromatic N) is 2. The maximum Gasteiger partial charge on any atom is 0.174 e. The molecule has 2 heterocycles. The largest absolute Gasteiger partial charge is 0.497 e. The molecule has 42 heavy (non-hydrogen) atoms. The van der Waals surface area contributed by atoms with Crippen molar-refractivity contribution in [2.24, 2.45) is 0 Å². The Hall–Kier alpha value is -5.50. The second-order valence-corrected chi connectivity index (χ2v) is 9.53. The molecule has 8 nitrogen and oxygen atoms in total. The van der Waals surface area contributed by atoms with Gasteiger partial charge in [0.15, 0.2) is 11.6 Å². The van der Waals surface area contributed by atoms with E-state index in [0.29, 0.717) is 11.6 Å². The van der Waals surface area contributed by atoms with Crippen molar-refractivity contribution in [3.8, 4) is 79.7 Å². The minimum Gasteiger partial charge on any atom is -0.497 e. The van der Waals surface area contributed by atoms with Crippen LogP contribution in [-0.4, -0.2) is 48.4 Å². The topological polar surface area (TPSA) is 94.3 Å². The number of H-pyrrole nitrogens is 2. The van der Waals surface area contributed by atoms with Crippen LogP contribution in [0.2, 0.25) is 0 Å². The Morgan fingerprint density at radius 1 is 0.381 bits per heavy atom. The van der Waals surface area contributed by atoms with Gasteiger partial charge in [0.1, 0.15) is 23.0 Å². The molecule has 0 amide bonds. The van der Waals surface area contributed by atoms with E-state index in [4.69, 9.17) is 28.9 Å². The zero-order valence-corrected chi connectivity index (χ0v) is 23.8. The zero-order valence-electron chi connectivity index (χ0n) is 23.8. The molecule has 0 fully saturated rings. The van der Waals surface area contributed by atoms with E-state index in [2.05, 4.69) is 9.97 Å². The molecule has 0 spiro atoms. The molecule has 0 unspecified atom stereocenters. The van der Waals surface area contributed by atoms with Gasteiger partial charge in [-0.2, -0.15) is 0 Å². The summed E-state index contributed by atoms with van der Waals surface area (Å²) < 4.78 is 21.5. The first-order chi connectivity index (χ1) is 20.6. The standard InChI is InChI=1S/C34H30N4O4/c1-39-25-13-5-21(6-14-25)29-30(22-7-15-26(40-2)16-8-22)36-33(35-29)34-37-31(23-9-17-27(41-3)18-10-23)32(38-34)24-11-19-28(42-4)20-12-24/h5-20H,1-4H3,(H,35,36)(H,37,38). The molecule has 0 radical (unpaired) electrons. The van der Waals surface area contributed by atoms with Gasteiger partial charge in [-0.1, -0.05) is 0 Å². The number of ether oxygens (including phenoxy) is 4. The average molecular weight is 559 g/mol. The Kier molecular flexibility index (Phi) is 7.34. The van der Waals surface area contributed by atoms with Crippen molar-refractivity contribution in [2.45, 2.75) is 0 Å². The number of methoxy groups -OCH3 is 4. The summed E-state index contributed by atoms with van der Waals surface area (Å²) in [5.74, 6) is 4.34. The number of aromatic nitrogens is 4. The number of nitrogens with one attached hydrogen (secondary N) is 2. The third-order valence-electron chi connectivity index (χ3n) is 7.12. The number of rotatable bonds is 9. The fourth-order valence-corrected chi connectivity index (χ4v) is 4.82. The lowest BCUT2D eigenvalue weighted by Crippen LogP contribution is -1.87. The highest BCUT2D eigenvalue weighted by Crippen LogP contribution is 2.37. The first kappa shape index (κ1) is 26.7. The zero-order chi connectivity index (χ0) is 29.1. The predicted octanol–water partition coefficient (Wildman–Crippen LogP) is 7.50. The van der Waals surface area contributed by atoms with Crippen LogP contribution in [0.25, 0.3) is 56.7 Å². The summed E-state index contributed by atoms with van der Waals surface area (Å²) in [6.07, 6.45) is 0. The fourth-order valence-electron chi connectivity index (χ4n) is 4.82. The monoisotopic (exact) mass is 558 g/mol. The molecule has 4 aromatic carbocycles. The molecule has 0 atom stereocenters. The fraction of sp³-hybridized carbons (Fsp3) is 0.118. The van der Waals surface area contributed by atoms with Crippen LogP contribution in [0.1, 0.15) is 0 Å². The van der Waals surface area contributed by atoms with Crippen molar-refractivity contribution in [2.75, 3.05) is 28.4 Å². The molecule has 6 aromatic rings. The second kappa shape index (κ2) is 11.5. The van der Waals surface area contributed by atoms with Gasteiger partial charge in [-0.25, -0.2) is 9.97 Å².